The van der Waals surface area contributed by atoms with Crippen molar-refractivity contribution in [3.63, 3.8) is 0 Å². The van der Waals surface area contributed by atoms with Gasteiger partial charge in [0.05, 0.1) is 10.9 Å². The highest BCUT2D eigenvalue weighted by Gasteiger charge is 2.31. The fraction of sp³-hybridized carbons (Fsp3) is 0.474. The average molecular weight is 435 g/mol. The van der Waals surface area contributed by atoms with Gasteiger partial charge in [-0.2, -0.15) is 4.52 Å². The average Bonchev–Trinajstić information content (AvgIpc) is 3.17. The van der Waals surface area contributed by atoms with Gasteiger partial charge in [-0.05, 0) is 43.0 Å². The van der Waals surface area contributed by atoms with Crippen LogP contribution in [0.25, 0.3) is 4.96 Å². The van der Waals surface area contributed by atoms with Gasteiger partial charge in [-0.15, -0.1) is 5.10 Å². The third-order valence-electron chi connectivity index (χ3n) is 5.05. The third kappa shape index (κ3) is 3.28. The molecule has 1 N–H and O–H groups in total. The number of benzene rings is 1. The van der Waals surface area contributed by atoms with Crippen molar-refractivity contribution in [2.24, 2.45) is 5.92 Å². The van der Waals surface area contributed by atoms with E-state index in [0.29, 0.717) is 5.92 Å². The Morgan fingerprint density at radius 3 is 2.77 bits per heavy atom. The van der Waals surface area contributed by atoms with Crippen LogP contribution in [0.5, 0.6) is 5.88 Å². The van der Waals surface area contributed by atoms with Crippen LogP contribution < -0.4 is 0 Å². The van der Waals surface area contributed by atoms with Crippen molar-refractivity contribution in [1.29, 1.82) is 0 Å². The monoisotopic (exact) mass is 434 g/mol. The summed E-state index contributed by atoms with van der Waals surface area (Å²) in [6, 6.07) is 8.45. The van der Waals surface area contributed by atoms with Gasteiger partial charge in [0.25, 0.3) is 0 Å². The van der Waals surface area contributed by atoms with Crippen molar-refractivity contribution < 1.29 is 5.11 Å². The number of aromatic hydroxyl groups is 1. The quantitative estimate of drug-likeness (QED) is 0.649. The summed E-state index contributed by atoms with van der Waals surface area (Å²) in [6.45, 7) is 6.41. The summed E-state index contributed by atoms with van der Waals surface area (Å²) in [5.41, 5.74) is 1.19. The van der Waals surface area contributed by atoms with Crippen LogP contribution in [-0.4, -0.2) is 37.7 Å². The number of piperidine rings is 1. The van der Waals surface area contributed by atoms with Crippen molar-refractivity contribution in [3.05, 3.63) is 45.0 Å². The van der Waals surface area contributed by atoms with Crippen LogP contribution in [0.3, 0.4) is 0 Å². The molecule has 0 unspecified atom stereocenters. The Bertz CT molecular complexity index is 904. The lowest BCUT2D eigenvalue weighted by atomic mass is 9.95. The van der Waals surface area contributed by atoms with E-state index in [0.717, 1.165) is 39.6 Å². The van der Waals surface area contributed by atoms with E-state index in [1.165, 1.54) is 18.4 Å². The topological polar surface area (TPSA) is 53.7 Å². The molecule has 0 spiro atoms. The Balaban J connectivity index is 1.80. The van der Waals surface area contributed by atoms with Crippen molar-refractivity contribution in [2.75, 3.05) is 13.1 Å². The first-order valence-corrected chi connectivity index (χ1v) is 10.7. The van der Waals surface area contributed by atoms with Gasteiger partial charge in [0, 0.05) is 17.4 Å². The summed E-state index contributed by atoms with van der Waals surface area (Å²) >= 11 is 5.07. The number of hydrogen-bond acceptors (Lipinski definition) is 5. The molecule has 2 aromatic heterocycles. The maximum absolute atomic E-state index is 10.9. The molecule has 1 aliphatic rings. The van der Waals surface area contributed by atoms with Crippen LogP contribution in [0.4, 0.5) is 0 Å². The Hall–Kier alpha value is -1.44. The maximum atomic E-state index is 10.9. The molecule has 138 valence electrons. The maximum Gasteiger partial charge on any atom is 0.230 e. The van der Waals surface area contributed by atoms with E-state index in [9.17, 15) is 5.11 Å². The van der Waals surface area contributed by atoms with Gasteiger partial charge in [-0.1, -0.05) is 53.2 Å². The van der Waals surface area contributed by atoms with Gasteiger partial charge in [0.15, 0.2) is 5.82 Å². The van der Waals surface area contributed by atoms with Crippen molar-refractivity contribution in [1.82, 2.24) is 19.5 Å². The first-order chi connectivity index (χ1) is 12.6. The lowest BCUT2D eigenvalue weighted by Crippen LogP contribution is -2.37. The molecule has 0 amide bonds. The van der Waals surface area contributed by atoms with Gasteiger partial charge >= 0.3 is 0 Å². The van der Waals surface area contributed by atoms with Crippen LogP contribution in [0.15, 0.2) is 28.7 Å². The van der Waals surface area contributed by atoms with E-state index in [1.807, 2.05) is 6.92 Å². The first kappa shape index (κ1) is 17.9. The Labute approximate surface area is 165 Å². The molecule has 0 aliphatic carbocycles. The zero-order valence-electron chi connectivity index (χ0n) is 15.0. The summed E-state index contributed by atoms with van der Waals surface area (Å²) in [6.07, 6.45) is 3.23. The second kappa shape index (κ2) is 7.29. The number of rotatable bonds is 4. The SMILES string of the molecule is CCc1nc2sc([C@H](c3ccc(Br)cc3)N3CCC[C@H](C)C3)c(O)n2n1. The minimum absolute atomic E-state index is 0.0319. The van der Waals surface area contributed by atoms with Crippen molar-refractivity contribution in [3.8, 4) is 5.88 Å². The van der Waals surface area contributed by atoms with Gasteiger partial charge < -0.3 is 5.11 Å². The predicted molar refractivity (Wildman–Crippen MR) is 108 cm³/mol. The Morgan fingerprint density at radius 2 is 2.12 bits per heavy atom. The van der Waals surface area contributed by atoms with Crippen LogP contribution >= 0.6 is 27.3 Å². The molecule has 3 aromatic rings. The first-order valence-electron chi connectivity index (χ1n) is 9.13. The highest BCUT2D eigenvalue weighted by molar-refractivity contribution is 9.10. The van der Waals surface area contributed by atoms with Gasteiger partial charge in [0.2, 0.25) is 10.8 Å². The van der Waals surface area contributed by atoms with E-state index in [2.05, 4.69) is 62.1 Å². The summed E-state index contributed by atoms with van der Waals surface area (Å²) < 4.78 is 2.66. The molecule has 2 atom stereocenters. The normalized spacial score (nSPS) is 19.9. The third-order valence-corrected chi connectivity index (χ3v) is 6.65. The summed E-state index contributed by atoms with van der Waals surface area (Å²) in [4.78, 5) is 8.73. The molecule has 26 heavy (non-hydrogen) atoms. The van der Waals surface area contributed by atoms with Gasteiger partial charge in [-0.3, -0.25) is 4.90 Å². The van der Waals surface area contributed by atoms with Crippen LogP contribution in [0.2, 0.25) is 0 Å². The molecule has 4 rings (SSSR count). The molecule has 0 saturated carbocycles. The standard InChI is InChI=1S/C19H23BrN4OS/c1-3-15-21-19-24(22-15)18(25)17(26-19)16(13-6-8-14(20)9-7-13)23-10-4-5-12(2)11-23/h6-9,12,16,25H,3-5,10-11H2,1-2H3/t12-,16-/m0/s1. The molecule has 0 radical (unpaired) electrons. The van der Waals surface area contributed by atoms with Crippen LogP contribution in [-0.2, 0) is 6.42 Å². The van der Waals surface area contributed by atoms with Crippen LogP contribution in [0.1, 0.15) is 49.0 Å². The van der Waals surface area contributed by atoms with E-state index in [-0.39, 0.29) is 11.9 Å². The molecule has 3 heterocycles. The number of likely N-dealkylation sites (tertiary alicyclic amines) is 1. The van der Waals surface area contributed by atoms with Crippen molar-refractivity contribution in [2.45, 2.75) is 39.2 Å². The molecule has 0 bridgehead atoms. The molecule has 7 heteroatoms. The zero-order chi connectivity index (χ0) is 18.3. The molecular weight excluding hydrogens is 412 g/mol. The van der Waals surface area contributed by atoms with E-state index >= 15 is 0 Å². The molecule has 1 saturated heterocycles. The summed E-state index contributed by atoms with van der Waals surface area (Å²) in [7, 11) is 0. The molecular formula is C19H23BrN4OS. The minimum atomic E-state index is 0.0319. The van der Waals surface area contributed by atoms with Crippen molar-refractivity contribution >= 4 is 32.2 Å². The lowest BCUT2D eigenvalue weighted by Gasteiger charge is -2.37. The predicted octanol–water partition coefficient (Wildman–Crippen LogP) is 4.64. The molecule has 5 nitrogen and oxygen atoms in total. The fourth-order valence-electron chi connectivity index (χ4n) is 3.75. The number of nitrogens with zero attached hydrogens (tertiary/aromatic N) is 4. The zero-order valence-corrected chi connectivity index (χ0v) is 17.4. The molecule has 1 aromatic carbocycles. The number of fused-ring (bicyclic) bond motifs is 1. The van der Waals surface area contributed by atoms with E-state index in [1.54, 1.807) is 15.9 Å². The van der Waals surface area contributed by atoms with Gasteiger partial charge in [-0.25, -0.2) is 4.98 Å². The van der Waals surface area contributed by atoms with Gasteiger partial charge in [0.1, 0.15) is 0 Å². The minimum Gasteiger partial charge on any atom is -0.492 e. The van der Waals surface area contributed by atoms with E-state index in [4.69, 9.17) is 0 Å². The number of aryl methyl sites for hydroxylation is 1. The number of hydrogen-bond donors (Lipinski definition) is 1. The van der Waals surface area contributed by atoms with E-state index < -0.39 is 0 Å². The second-order valence-electron chi connectivity index (χ2n) is 7.06. The smallest absolute Gasteiger partial charge is 0.230 e. The summed E-state index contributed by atoms with van der Waals surface area (Å²) in [5, 5.41) is 15.4. The van der Waals surface area contributed by atoms with Crippen LogP contribution in [0, 0.1) is 5.92 Å². The molecule has 1 aliphatic heterocycles. The summed E-state index contributed by atoms with van der Waals surface area (Å²) in [5.74, 6) is 1.66. The highest BCUT2D eigenvalue weighted by atomic mass is 79.9. The lowest BCUT2D eigenvalue weighted by molar-refractivity contribution is 0.149. The number of aromatic nitrogens is 3. The Kier molecular flexibility index (Phi) is 5.03. The highest BCUT2D eigenvalue weighted by Crippen LogP contribution is 2.41. The molecule has 1 fully saturated rings. The number of halogens is 1. The number of thiazole rings is 1. The fourth-order valence-corrected chi connectivity index (χ4v) is 5.15. The largest absolute Gasteiger partial charge is 0.492 e. The Morgan fingerprint density at radius 1 is 1.35 bits per heavy atom. The second-order valence-corrected chi connectivity index (χ2v) is 8.99.